The highest BCUT2D eigenvalue weighted by Gasteiger charge is 2.11. The zero-order valence-corrected chi connectivity index (χ0v) is 10.6. The topological polar surface area (TPSA) is 29.0 Å². The van der Waals surface area contributed by atoms with Gasteiger partial charge in [-0.15, -0.1) is 10.2 Å². The summed E-state index contributed by atoms with van der Waals surface area (Å²) in [5, 5.41) is 8.98. The summed E-state index contributed by atoms with van der Waals surface area (Å²) in [5.41, 5.74) is 1.14. The van der Waals surface area contributed by atoms with E-state index in [9.17, 15) is 0 Å². The second kappa shape index (κ2) is 4.72. The lowest BCUT2D eigenvalue weighted by molar-refractivity contribution is 0.966. The van der Waals surface area contributed by atoms with Crippen LogP contribution in [0.15, 0.2) is 34.2 Å². The highest BCUT2D eigenvalue weighted by atomic mass is 79.9. The third-order valence-electron chi connectivity index (χ3n) is 2.00. The fourth-order valence-corrected chi connectivity index (χ4v) is 2.52. The molecular formula is C10H10BrN3S. The van der Waals surface area contributed by atoms with Gasteiger partial charge in [-0.25, -0.2) is 0 Å². The molecule has 1 aromatic carbocycles. The van der Waals surface area contributed by atoms with Crippen LogP contribution in [0.3, 0.4) is 0 Å². The first-order chi connectivity index (χ1) is 7.31. The molecule has 0 fully saturated rings. The van der Waals surface area contributed by atoms with Gasteiger partial charge in [0, 0.05) is 12.2 Å². The molecule has 0 spiro atoms. The van der Waals surface area contributed by atoms with Crippen LogP contribution in [0.2, 0.25) is 0 Å². The Bertz CT molecular complexity index is 429. The van der Waals surface area contributed by atoms with Gasteiger partial charge < -0.3 is 4.90 Å². The molecule has 2 rings (SSSR count). The summed E-state index contributed by atoms with van der Waals surface area (Å²) < 4.78 is 0.812. The van der Waals surface area contributed by atoms with E-state index < -0.39 is 0 Å². The molecule has 15 heavy (non-hydrogen) atoms. The number of benzene rings is 1. The lowest BCUT2D eigenvalue weighted by atomic mass is 10.3. The molecule has 0 aliphatic rings. The maximum Gasteiger partial charge on any atom is 0.213 e. The van der Waals surface area contributed by atoms with Crippen LogP contribution in [0.4, 0.5) is 10.8 Å². The van der Waals surface area contributed by atoms with Crippen molar-refractivity contribution in [2.24, 2.45) is 0 Å². The van der Waals surface area contributed by atoms with Crippen molar-refractivity contribution in [3.63, 3.8) is 0 Å². The summed E-state index contributed by atoms with van der Waals surface area (Å²) in [6, 6.07) is 10.2. The molecule has 0 unspecified atom stereocenters. The quantitative estimate of drug-likeness (QED) is 0.864. The van der Waals surface area contributed by atoms with Gasteiger partial charge in [0.2, 0.25) is 5.13 Å². The molecule has 0 amide bonds. The van der Waals surface area contributed by atoms with Gasteiger partial charge in [-0.3, -0.25) is 0 Å². The maximum atomic E-state index is 4.11. The van der Waals surface area contributed by atoms with E-state index in [4.69, 9.17) is 0 Å². The fourth-order valence-electron chi connectivity index (χ4n) is 1.34. The van der Waals surface area contributed by atoms with Crippen LogP contribution in [-0.4, -0.2) is 16.7 Å². The second-order valence-electron chi connectivity index (χ2n) is 2.92. The third-order valence-corrected chi connectivity index (χ3v) is 3.38. The van der Waals surface area contributed by atoms with Gasteiger partial charge in [0.15, 0.2) is 3.92 Å². The number of hydrogen-bond acceptors (Lipinski definition) is 4. The third kappa shape index (κ3) is 2.35. The molecule has 0 bridgehead atoms. The summed E-state index contributed by atoms with van der Waals surface area (Å²) in [7, 11) is 0. The van der Waals surface area contributed by atoms with Crippen molar-refractivity contribution in [3.8, 4) is 0 Å². The molecular weight excluding hydrogens is 274 g/mol. The predicted octanol–water partition coefficient (Wildman–Crippen LogP) is 3.46. The molecule has 0 saturated carbocycles. The highest BCUT2D eigenvalue weighted by Crippen LogP contribution is 2.29. The number of nitrogens with zero attached hydrogens (tertiary/aromatic N) is 3. The van der Waals surface area contributed by atoms with Crippen LogP contribution in [0.1, 0.15) is 6.92 Å². The average Bonchev–Trinajstić information content (AvgIpc) is 2.68. The van der Waals surface area contributed by atoms with Crippen molar-refractivity contribution in [3.05, 3.63) is 34.2 Å². The standard InChI is InChI=1S/C10H10BrN3S/c1-2-14(8-6-4-3-5-7-8)10-13-12-9(11)15-10/h3-7H,2H2,1H3. The van der Waals surface area contributed by atoms with E-state index in [1.165, 1.54) is 11.3 Å². The van der Waals surface area contributed by atoms with E-state index >= 15 is 0 Å². The Balaban J connectivity index is 2.33. The zero-order chi connectivity index (χ0) is 10.7. The summed E-state index contributed by atoms with van der Waals surface area (Å²) in [5.74, 6) is 0. The Labute approximate surface area is 101 Å². The molecule has 3 nitrogen and oxygen atoms in total. The Hall–Kier alpha value is -0.940. The summed E-state index contributed by atoms with van der Waals surface area (Å²) in [6.07, 6.45) is 0. The zero-order valence-electron chi connectivity index (χ0n) is 8.22. The molecule has 0 radical (unpaired) electrons. The van der Waals surface area contributed by atoms with Crippen LogP contribution in [-0.2, 0) is 0 Å². The van der Waals surface area contributed by atoms with Crippen molar-refractivity contribution in [2.75, 3.05) is 11.4 Å². The number of anilines is 2. The molecule has 0 N–H and O–H groups in total. The largest absolute Gasteiger partial charge is 0.317 e. The van der Waals surface area contributed by atoms with E-state index in [-0.39, 0.29) is 0 Å². The molecule has 0 atom stereocenters. The number of rotatable bonds is 3. The van der Waals surface area contributed by atoms with Gasteiger partial charge in [-0.2, -0.15) is 0 Å². The minimum absolute atomic E-state index is 0.812. The minimum atomic E-state index is 0.812. The van der Waals surface area contributed by atoms with Crippen molar-refractivity contribution in [2.45, 2.75) is 6.92 Å². The van der Waals surface area contributed by atoms with E-state index in [0.717, 1.165) is 21.3 Å². The lowest BCUT2D eigenvalue weighted by Gasteiger charge is -2.18. The van der Waals surface area contributed by atoms with Crippen molar-refractivity contribution >= 4 is 38.1 Å². The molecule has 1 heterocycles. The monoisotopic (exact) mass is 283 g/mol. The fraction of sp³-hybridized carbons (Fsp3) is 0.200. The van der Waals surface area contributed by atoms with Crippen molar-refractivity contribution in [1.29, 1.82) is 0 Å². The normalized spacial score (nSPS) is 10.3. The van der Waals surface area contributed by atoms with E-state index in [1.54, 1.807) is 0 Å². The molecule has 0 aliphatic carbocycles. The SMILES string of the molecule is CCN(c1ccccc1)c1nnc(Br)s1. The number of para-hydroxylation sites is 1. The van der Waals surface area contributed by atoms with Crippen molar-refractivity contribution < 1.29 is 0 Å². The van der Waals surface area contributed by atoms with Gasteiger partial charge in [0.1, 0.15) is 0 Å². The lowest BCUT2D eigenvalue weighted by Crippen LogP contribution is -2.15. The van der Waals surface area contributed by atoms with Gasteiger partial charge in [0.05, 0.1) is 0 Å². The van der Waals surface area contributed by atoms with Crippen LogP contribution in [0, 0.1) is 0 Å². The Morgan fingerprint density at radius 3 is 2.53 bits per heavy atom. The van der Waals surface area contributed by atoms with Crippen LogP contribution >= 0.6 is 27.3 Å². The van der Waals surface area contributed by atoms with Crippen LogP contribution in [0.25, 0.3) is 0 Å². The first-order valence-electron chi connectivity index (χ1n) is 4.63. The van der Waals surface area contributed by atoms with Gasteiger partial charge >= 0.3 is 0 Å². The molecule has 0 aliphatic heterocycles. The number of aromatic nitrogens is 2. The van der Waals surface area contributed by atoms with Crippen molar-refractivity contribution in [1.82, 2.24) is 10.2 Å². The maximum absolute atomic E-state index is 4.11. The Kier molecular flexibility index (Phi) is 3.33. The van der Waals surface area contributed by atoms with E-state index in [2.05, 4.69) is 50.1 Å². The summed E-state index contributed by atoms with van der Waals surface area (Å²) >= 11 is 4.86. The first kappa shape index (κ1) is 10.6. The minimum Gasteiger partial charge on any atom is -0.317 e. The van der Waals surface area contributed by atoms with E-state index in [1.807, 2.05) is 18.2 Å². The highest BCUT2D eigenvalue weighted by molar-refractivity contribution is 9.11. The second-order valence-corrected chi connectivity index (χ2v) is 5.15. The van der Waals surface area contributed by atoms with Gasteiger partial charge in [-0.05, 0) is 35.0 Å². The molecule has 1 aromatic heterocycles. The molecule has 5 heteroatoms. The number of halogens is 1. The summed E-state index contributed by atoms with van der Waals surface area (Å²) in [4.78, 5) is 2.13. The van der Waals surface area contributed by atoms with E-state index in [0.29, 0.717) is 0 Å². The Morgan fingerprint density at radius 2 is 2.00 bits per heavy atom. The molecule has 78 valence electrons. The smallest absolute Gasteiger partial charge is 0.213 e. The van der Waals surface area contributed by atoms with Gasteiger partial charge in [0.25, 0.3) is 0 Å². The molecule has 2 aromatic rings. The van der Waals surface area contributed by atoms with Crippen LogP contribution < -0.4 is 4.90 Å². The molecule has 0 saturated heterocycles. The predicted molar refractivity (Wildman–Crippen MR) is 66.7 cm³/mol. The van der Waals surface area contributed by atoms with Crippen LogP contribution in [0.5, 0.6) is 0 Å². The first-order valence-corrected chi connectivity index (χ1v) is 6.24. The average molecular weight is 284 g/mol. The Morgan fingerprint density at radius 1 is 1.27 bits per heavy atom. The van der Waals surface area contributed by atoms with Gasteiger partial charge in [-0.1, -0.05) is 29.5 Å². The summed E-state index contributed by atoms with van der Waals surface area (Å²) in [6.45, 7) is 2.98. The number of hydrogen-bond donors (Lipinski definition) is 0.